The van der Waals surface area contributed by atoms with E-state index in [9.17, 15) is 13.7 Å². The fourth-order valence-electron chi connectivity index (χ4n) is 5.23. The van der Waals surface area contributed by atoms with E-state index in [0.29, 0.717) is 54.1 Å². The molecule has 0 radical (unpaired) electrons. The minimum absolute atomic E-state index is 0.199. The molecule has 2 aliphatic rings. The van der Waals surface area contributed by atoms with Crippen LogP contribution < -0.4 is 15.4 Å². The number of fused-ring (bicyclic) bond motifs is 1. The van der Waals surface area contributed by atoms with Gasteiger partial charge in [-0.15, -0.1) is 0 Å². The van der Waals surface area contributed by atoms with Crippen molar-refractivity contribution in [2.75, 3.05) is 63.7 Å². The highest BCUT2D eigenvalue weighted by atomic mass is 32.2. The average molecular weight is 540 g/mol. The molecule has 2 fully saturated rings. The Bertz CT molecular complexity index is 1440. The van der Waals surface area contributed by atoms with E-state index in [0.717, 1.165) is 50.2 Å². The SMILES string of the molecule is CCNc1cc(Nc2ccc(S(=O)(=O)N3CCC(N4CCOCC4)CC3)cc2OC)nc2[nH]cc(C#N)c12. The molecule has 0 amide bonds. The van der Waals surface area contributed by atoms with Crippen LogP contribution in [0.3, 0.4) is 0 Å². The molecule has 3 N–H and O–H groups in total. The van der Waals surface area contributed by atoms with Gasteiger partial charge in [-0.05, 0) is 31.9 Å². The van der Waals surface area contributed by atoms with E-state index in [1.807, 2.05) is 13.0 Å². The maximum Gasteiger partial charge on any atom is 0.243 e. The van der Waals surface area contributed by atoms with Gasteiger partial charge < -0.3 is 25.1 Å². The number of aromatic amines is 1. The highest BCUT2D eigenvalue weighted by Crippen LogP contribution is 2.34. The lowest BCUT2D eigenvalue weighted by Gasteiger charge is -2.39. The molecule has 0 spiro atoms. The van der Waals surface area contributed by atoms with Gasteiger partial charge in [-0.2, -0.15) is 9.57 Å². The lowest BCUT2D eigenvalue weighted by Crippen LogP contribution is -2.50. The summed E-state index contributed by atoms with van der Waals surface area (Å²) in [7, 11) is -2.15. The molecular weight excluding hydrogens is 506 g/mol. The summed E-state index contributed by atoms with van der Waals surface area (Å²) in [4.78, 5) is 10.3. The summed E-state index contributed by atoms with van der Waals surface area (Å²) in [5.41, 5.74) is 2.44. The van der Waals surface area contributed by atoms with Crippen LogP contribution in [0.25, 0.3) is 11.0 Å². The third-order valence-corrected chi connectivity index (χ3v) is 9.08. The summed E-state index contributed by atoms with van der Waals surface area (Å²) < 4.78 is 39.5. The third-order valence-electron chi connectivity index (χ3n) is 7.19. The maximum absolute atomic E-state index is 13.5. The normalized spacial score (nSPS) is 17.8. The van der Waals surface area contributed by atoms with Crippen molar-refractivity contribution in [3.8, 4) is 11.8 Å². The Kier molecular flexibility index (Phi) is 7.71. The van der Waals surface area contributed by atoms with Gasteiger partial charge in [0.15, 0.2) is 0 Å². The van der Waals surface area contributed by atoms with Crippen molar-refractivity contribution in [1.29, 1.82) is 5.26 Å². The predicted molar refractivity (Wildman–Crippen MR) is 145 cm³/mol. The number of piperidine rings is 1. The van der Waals surface area contributed by atoms with Crippen LogP contribution in [-0.4, -0.2) is 86.7 Å². The van der Waals surface area contributed by atoms with E-state index >= 15 is 0 Å². The van der Waals surface area contributed by atoms with Crippen molar-refractivity contribution in [3.63, 3.8) is 0 Å². The monoisotopic (exact) mass is 539 g/mol. The van der Waals surface area contributed by atoms with Gasteiger partial charge in [-0.25, -0.2) is 13.4 Å². The number of anilines is 3. The number of morpholine rings is 1. The molecule has 5 rings (SSSR count). The summed E-state index contributed by atoms with van der Waals surface area (Å²) in [5, 5.41) is 16.7. The Hall–Kier alpha value is -3.37. The molecule has 2 aromatic heterocycles. The molecule has 11 nitrogen and oxygen atoms in total. The van der Waals surface area contributed by atoms with Crippen molar-refractivity contribution in [1.82, 2.24) is 19.2 Å². The number of ether oxygens (including phenoxy) is 2. The van der Waals surface area contributed by atoms with Crippen molar-refractivity contribution in [2.24, 2.45) is 0 Å². The summed E-state index contributed by atoms with van der Waals surface area (Å²) in [5.74, 6) is 0.921. The van der Waals surface area contributed by atoms with E-state index in [4.69, 9.17) is 9.47 Å². The summed E-state index contributed by atoms with van der Waals surface area (Å²) >= 11 is 0. The zero-order chi connectivity index (χ0) is 26.7. The number of nitrogens with zero attached hydrogens (tertiary/aromatic N) is 4. The second-order valence-electron chi connectivity index (χ2n) is 9.39. The summed E-state index contributed by atoms with van der Waals surface area (Å²) in [6.45, 7) is 6.93. The van der Waals surface area contributed by atoms with E-state index in [1.54, 1.807) is 28.7 Å². The highest BCUT2D eigenvalue weighted by Gasteiger charge is 2.32. The minimum Gasteiger partial charge on any atom is -0.495 e. The average Bonchev–Trinajstić information content (AvgIpc) is 3.37. The number of nitrogens with one attached hydrogen (secondary N) is 3. The number of methoxy groups -OCH3 is 1. The van der Waals surface area contributed by atoms with Crippen LogP contribution in [0.15, 0.2) is 35.4 Å². The fourth-order valence-corrected chi connectivity index (χ4v) is 6.72. The first kappa shape index (κ1) is 26.2. The van der Waals surface area contributed by atoms with Gasteiger partial charge in [-0.3, -0.25) is 4.90 Å². The molecule has 12 heteroatoms. The number of sulfonamides is 1. The van der Waals surface area contributed by atoms with Crippen LogP contribution >= 0.6 is 0 Å². The standard InChI is InChI=1S/C26H33N7O4S/c1-3-28-22-15-24(31-26-25(22)18(16-27)17-29-26)30-21-5-4-20(14-23(21)36-2)38(34,35)33-8-6-19(7-9-33)32-10-12-37-13-11-32/h4-5,14-15,17,19H,3,6-13H2,1-2H3,(H3,28,29,30,31). The van der Waals surface area contributed by atoms with Crippen LogP contribution in [0, 0.1) is 11.3 Å². The van der Waals surface area contributed by atoms with Crippen LogP contribution in [0.4, 0.5) is 17.2 Å². The van der Waals surface area contributed by atoms with E-state index in [-0.39, 0.29) is 4.90 Å². The second-order valence-corrected chi connectivity index (χ2v) is 11.3. The third kappa shape index (κ3) is 5.15. The van der Waals surface area contributed by atoms with E-state index < -0.39 is 10.0 Å². The second kappa shape index (κ2) is 11.2. The van der Waals surface area contributed by atoms with Crippen LogP contribution in [0.5, 0.6) is 5.75 Å². The van der Waals surface area contributed by atoms with Crippen molar-refractivity contribution in [3.05, 3.63) is 36.0 Å². The smallest absolute Gasteiger partial charge is 0.243 e. The Balaban J connectivity index is 1.34. The number of pyridine rings is 1. The number of rotatable bonds is 8. The maximum atomic E-state index is 13.5. The van der Waals surface area contributed by atoms with Gasteiger partial charge >= 0.3 is 0 Å². The first-order valence-electron chi connectivity index (χ1n) is 12.9. The lowest BCUT2D eigenvalue weighted by molar-refractivity contribution is 0.00610. The molecule has 0 aliphatic carbocycles. The Morgan fingerprint density at radius 2 is 1.95 bits per heavy atom. The molecule has 2 aliphatic heterocycles. The number of H-pyrrole nitrogens is 1. The van der Waals surface area contributed by atoms with Gasteiger partial charge in [0, 0.05) is 57.1 Å². The van der Waals surface area contributed by atoms with Gasteiger partial charge in [0.1, 0.15) is 23.3 Å². The molecule has 3 aromatic rings. The van der Waals surface area contributed by atoms with Crippen molar-refractivity contribution < 1.29 is 17.9 Å². The molecule has 0 bridgehead atoms. The molecule has 0 unspecified atom stereocenters. The molecule has 4 heterocycles. The van der Waals surface area contributed by atoms with Gasteiger partial charge in [-0.1, -0.05) is 0 Å². The number of aromatic nitrogens is 2. The Labute approximate surface area is 222 Å². The van der Waals surface area contributed by atoms with Crippen LogP contribution in [-0.2, 0) is 14.8 Å². The molecule has 0 atom stereocenters. The molecule has 1 aromatic carbocycles. The summed E-state index contributed by atoms with van der Waals surface area (Å²) in [6, 6.07) is 9.25. The Morgan fingerprint density at radius 1 is 1.18 bits per heavy atom. The number of hydrogen-bond donors (Lipinski definition) is 3. The van der Waals surface area contributed by atoms with Crippen LogP contribution in [0.1, 0.15) is 25.3 Å². The van der Waals surface area contributed by atoms with Crippen LogP contribution in [0.2, 0.25) is 0 Å². The number of nitriles is 1. The van der Waals surface area contributed by atoms with Gasteiger partial charge in [0.2, 0.25) is 10.0 Å². The quantitative estimate of drug-likeness (QED) is 0.394. The molecule has 38 heavy (non-hydrogen) atoms. The zero-order valence-electron chi connectivity index (χ0n) is 21.7. The van der Waals surface area contributed by atoms with E-state index in [2.05, 4.69) is 31.6 Å². The minimum atomic E-state index is -3.66. The number of benzene rings is 1. The van der Waals surface area contributed by atoms with Gasteiger partial charge in [0.05, 0.1) is 47.5 Å². The highest BCUT2D eigenvalue weighted by molar-refractivity contribution is 7.89. The van der Waals surface area contributed by atoms with E-state index in [1.165, 1.54) is 7.11 Å². The van der Waals surface area contributed by atoms with Crippen molar-refractivity contribution in [2.45, 2.75) is 30.7 Å². The largest absolute Gasteiger partial charge is 0.495 e. The molecule has 0 saturated carbocycles. The fraction of sp³-hybridized carbons (Fsp3) is 0.462. The first-order valence-corrected chi connectivity index (χ1v) is 14.3. The molecule has 2 saturated heterocycles. The predicted octanol–water partition coefficient (Wildman–Crippen LogP) is 3.10. The number of hydrogen-bond acceptors (Lipinski definition) is 9. The molecule has 202 valence electrons. The van der Waals surface area contributed by atoms with Crippen molar-refractivity contribution >= 4 is 38.2 Å². The van der Waals surface area contributed by atoms with Gasteiger partial charge in [0.25, 0.3) is 0 Å². The zero-order valence-corrected chi connectivity index (χ0v) is 22.5. The topological polar surface area (TPSA) is 136 Å². The lowest BCUT2D eigenvalue weighted by atomic mass is 10.0. The first-order chi connectivity index (χ1) is 18.4. The molecular formula is C26H33N7O4S. The Morgan fingerprint density at radius 3 is 2.63 bits per heavy atom. The summed E-state index contributed by atoms with van der Waals surface area (Å²) in [6.07, 6.45) is 3.25.